The van der Waals surface area contributed by atoms with Crippen molar-refractivity contribution in [3.8, 4) is 0 Å². The lowest BCUT2D eigenvalue weighted by Gasteiger charge is -2.37. The molecule has 1 aliphatic carbocycles. The highest BCUT2D eigenvalue weighted by Crippen LogP contribution is 2.24. The molecule has 72 valence electrons. The van der Waals surface area contributed by atoms with Crippen molar-refractivity contribution in [1.82, 2.24) is 4.90 Å². The van der Waals surface area contributed by atoms with Crippen molar-refractivity contribution in [3.63, 3.8) is 0 Å². The molecule has 0 aliphatic heterocycles. The van der Waals surface area contributed by atoms with Gasteiger partial charge in [-0.25, -0.2) is 0 Å². The molecule has 1 fully saturated rings. The van der Waals surface area contributed by atoms with Gasteiger partial charge < -0.3 is 10.8 Å². The van der Waals surface area contributed by atoms with Crippen molar-refractivity contribution in [3.05, 3.63) is 0 Å². The number of nitrogens with zero attached hydrogens (tertiary/aromatic N) is 1. The first-order valence-electron chi connectivity index (χ1n) is 4.93. The summed E-state index contributed by atoms with van der Waals surface area (Å²) < 4.78 is 0. The Bertz CT molecular complexity index is 115. The first kappa shape index (κ1) is 9.96. The van der Waals surface area contributed by atoms with Crippen LogP contribution in [-0.2, 0) is 0 Å². The summed E-state index contributed by atoms with van der Waals surface area (Å²) in [7, 11) is 0. The van der Waals surface area contributed by atoms with Gasteiger partial charge in [-0.15, -0.1) is 0 Å². The zero-order chi connectivity index (χ0) is 8.81. The lowest BCUT2D eigenvalue weighted by atomic mass is 9.91. The summed E-state index contributed by atoms with van der Waals surface area (Å²) in [5, 5.41) is 8.70. The predicted molar refractivity (Wildman–Crippen MR) is 50.0 cm³/mol. The van der Waals surface area contributed by atoms with Crippen LogP contribution in [0.5, 0.6) is 0 Å². The molecule has 3 heteroatoms. The summed E-state index contributed by atoms with van der Waals surface area (Å²) in [4.78, 5) is 2.42. The van der Waals surface area contributed by atoms with Crippen LogP contribution < -0.4 is 5.73 Å². The number of rotatable bonds is 6. The molecule has 12 heavy (non-hydrogen) atoms. The van der Waals surface area contributed by atoms with E-state index in [4.69, 9.17) is 10.8 Å². The van der Waals surface area contributed by atoms with Crippen molar-refractivity contribution in [2.75, 3.05) is 26.2 Å². The average Bonchev–Trinajstić information content (AvgIpc) is 1.97. The molecule has 0 heterocycles. The molecule has 0 saturated heterocycles. The molecule has 0 radical (unpaired) electrons. The maximum Gasteiger partial charge on any atom is 0.0443 e. The molecule has 1 rings (SSSR count). The van der Waals surface area contributed by atoms with E-state index in [1.54, 1.807) is 0 Å². The van der Waals surface area contributed by atoms with Crippen LogP contribution in [0.15, 0.2) is 0 Å². The summed E-state index contributed by atoms with van der Waals surface area (Å²) >= 11 is 0. The Morgan fingerprint density at radius 2 is 2.08 bits per heavy atom. The van der Waals surface area contributed by atoms with E-state index in [1.165, 1.54) is 19.3 Å². The summed E-state index contributed by atoms with van der Waals surface area (Å²) in [5.41, 5.74) is 5.51. The molecule has 0 bridgehead atoms. The van der Waals surface area contributed by atoms with Gasteiger partial charge in [0.15, 0.2) is 0 Å². The largest absolute Gasteiger partial charge is 0.396 e. The van der Waals surface area contributed by atoms with Crippen molar-refractivity contribution in [2.24, 2.45) is 5.73 Å². The number of aliphatic hydroxyl groups is 1. The van der Waals surface area contributed by atoms with E-state index in [0.29, 0.717) is 6.61 Å². The minimum absolute atomic E-state index is 0.299. The number of hydrogen-bond acceptors (Lipinski definition) is 3. The maximum absolute atomic E-state index is 8.70. The molecule has 0 aromatic heterocycles. The van der Waals surface area contributed by atoms with Gasteiger partial charge in [0.05, 0.1) is 0 Å². The topological polar surface area (TPSA) is 49.5 Å². The van der Waals surface area contributed by atoms with E-state index in [-0.39, 0.29) is 0 Å². The third-order valence-electron chi connectivity index (χ3n) is 2.61. The van der Waals surface area contributed by atoms with Gasteiger partial charge in [-0.1, -0.05) is 6.42 Å². The van der Waals surface area contributed by atoms with Crippen LogP contribution in [0, 0.1) is 0 Å². The highest BCUT2D eigenvalue weighted by molar-refractivity contribution is 4.79. The van der Waals surface area contributed by atoms with Gasteiger partial charge in [-0.05, 0) is 19.3 Å². The second kappa shape index (κ2) is 5.51. The monoisotopic (exact) mass is 172 g/mol. The Balaban J connectivity index is 2.17. The van der Waals surface area contributed by atoms with Gasteiger partial charge in [0.25, 0.3) is 0 Å². The van der Waals surface area contributed by atoms with Gasteiger partial charge in [0, 0.05) is 32.3 Å². The molecule has 0 amide bonds. The van der Waals surface area contributed by atoms with E-state index in [0.717, 1.165) is 32.1 Å². The standard InChI is InChI=1S/C9H20N2O/c10-5-7-11(6-2-8-12)9-3-1-4-9/h9,12H,1-8,10H2. The zero-order valence-electron chi connectivity index (χ0n) is 7.71. The molecule has 0 unspecified atom stereocenters. The van der Waals surface area contributed by atoms with Crippen LogP contribution in [0.3, 0.4) is 0 Å². The van der Waals surface area contributed by atoms with Crippen molar-refractivity contribution < 1.29 is 5.11 Å². The Labute approximate surface area is 74.5 Å². The first-order chi connectivity index (χ1) is 5.88. The third-order valence-corrected chi connectivity index (χ3v) is 2.61. The lowest BCUT2D eigenvalue weighted by Crippen LogP contribution is -2.43. The summed E-state index contributed by atoms with van der Waals surface area (Å²) in [6, 6.07) is 0.764. The quantitative estimate of drug-likeness (QED) is 0.601. The Kier molecular flexibility index (Phi) is 4.58. The Hall–Kier alpha value is -0.120. The average molecular weight is 172 g/mol. The lowest BCUT2D eigenvalue weighted by molar-refractivity contribution is 0.120. The minimum Gasteiger partial charge on any atom is -0.396 e. The van der Waals surface area contributed by atoms with E-state index in [9.17, 15) is 0 Å². The highest BCUT2D eigenvalue weighted by Gasteiger charge is 2.23. The van der Waals surface area contributed by atoms with Crippen molar-refractivity contribution in [1.29, 1.82) is 0 Å². The van der Waals surface area contributed by atoms with Gasteiger partial charge in [0.2, 0.25) is 0 Å². The molecule has 3 N–H and O–H groups in total. The van der Waals surface area contributed by atoms with Crippen LogP contribution in [-0.4, -0.2) is 42.3 Å². The molecular formula is C9H20N2O. The molecule has 1 saturated carbocycles. The molecule has 0 atom stereocenters. The van der Waals surface area contributed by atoms with Gasteiger partial charge in [-0.3, -0.25) is 4.90 Å². The summed E-state index contributed by atoms with van der Waals surface area (Å²) in [5.74, 6) is 0. The molecule has 0 aromatic carbocycles. The second-order valence-corrected chi connectivity index (χ2v) is 3.49. The fourth-order valence-electron chi connectivity index (χ4n) is 1.67. The minimum atomic E-state index is 0.299. The van der Waals surface area contributed by atoms with Crippen LogP contribution >= 0.6 is 0 Å². The van der Waals surface area contributed by atoms with Crippen molar-refractivity contribution >= 4 is 0 Å². The number of nitrogens with two attached hydrogens (primary N) is 1. The van der Waals surface area contributed by atoms with Crippen LogP contribution in [0.4, 0.5) is 0 Å². The number of aliphatic hydroxyl groups excluding tert-OH is 1. The Morgan fingerprint density at radius 1 is 1.33 bits per heavy atom. The summed E-state index contributed by atoms with van der Waals surface area (Å²) in [6.07, 6.45) is 4.90. The molecular weight excluding hydrogens is 152 g/mol. The Morgan fingerprint density at radius 3 is 2.50 bits per heavy atom. The zero-order valence-corrected chi connectivity index (χ0v) is 7.71. The third kappa shape index (κ3) is 2.73. The van der Waals surface area contributed by atoms with Crippen LogP contribution in [0.25, 0.3) is 0 Å². The second-order valence-electron chi connectivity index (χ2n) is 3.49. The highest BCUT2D eigenvalue weighted by atomic mass is 16.3. The molecule has 3 nitrogen and oxygen atoms in total. The maximum atomic E-state index is 8.70. The van der Waals surface area contributed by atoms with Crippen LogP contribution in [0.1, 0.15) is 25.7 Å². The van der Waals surface area contributed by atoms with E-state index in [2.05, 4.69) is 4.90 Å². The van der Waals surface area contributed by atoms with Crippen LogP contribution in [0.2, 0.25) is 0 Å². The molecule has 0 aromatic rings. The molecule has 0 spiro atoms. The van der Waals surface area contributed by atoms with Gasteiger partial charge in [-0.2, -0.15) is 0 Å². The fraction of sp³-hybridized carbons (Fsp3) is 1.00. The molecule has 1 aliphatic rings. The smallest absolute Gasteiger partial charge is 0.0443 e. The fourth-order valence-corrected chi connectivity index (χ4v) is 1.67. The summed E-state index contributed by atoms with van der Waals surface area (Å²) in [6.45, 7) is 3.04. The van der Waals surface area contributed by atoms with E-state index >= 15 is 0 Å². The number of hydrogen-bond donors (Lipinski definition) is 2. The van der Waals surface area contributed by atoms with E-state index in [1.807, 2.05) is 0 Å². The van der Waals surface area contributed by atoms with Crippen molar-refractivity contribution in [2.45, 2.75) is 31.7 Å². The first-order valence-corrected chi connectivity index (χ1v) is 4.93. The SMILES string of the molecule is NCCN(CCCO)C1CCC1. The predicted octanol–water partition coefficient (Wildman–Crippen LogP) is 0.182. The van der Waals surface area contributed by atoms with E-state index < -0.39 is 0 Å². The normalized spacial score (nSPS) is 18.2. The van der Waals surface area contributed by atoms with Gasteiger partial charge >= 0.3 is 0 Å². The van der Waals surface area contributed by atoms with Gasteiger partial charge in [0.1, 0.15) is 0 Å².